The zero-order chi connectivity index (χ0) is 17.5. The van der Waals surface area contributed by atoms with E-state index in [1.807, 2.05) is 20.8 Å². The monoisotopic (exact) mass is 327 g/mol. The van der Waals surface area contributed by atoms with Crippen molar-refractivity contribution in [3.63, 3.8) is 0 Å². The third-order valence-electron chi connectivity index (χ3n) is 3.71. The largest absolute Gasteiger partial charge is 0.465 e. The topological polar surface area (TPSA) is 52.3 Å². The van der Waals surface area contributed by atoms with E-state index in [0.717, 1.165) is 5.56 Å². The highest BCUT2D eigenvalue weighted by molar-refractivity contribution is 5.99. The van der Waals surface area contributed by atoms with Gasteiger partial charge in [-0.3, -0.25) is 0 Å². The van der Waals surface area contributed by atoms with Crippen LogP contribution in [0.4, 0.5) is 4.39 Å². The zero-order valence-corrected chi connectivity index (χ0v) is 14.0. The Morgan fingerprint density at radius 2 is 1.83 bits per heavy atom. The number of hydrogen-bond acceptors (Lipinski definition) is 4. The average molecular weight is 327 g/mol. The molecule has 2 aromatic carbocycles. The summed E-state index contributed by atoms with van der Waals surface area (Å²) in [7, 11) is 1.33. The van der Waals surface area contributed by atoms with Gasteiger partial charge in [0, 0.05) is 11.0 Å². The minimum atomic E-state index is -0.458. The average Bonchev–Trinajstić information content (AvgIpc) is 2.98. The highest BCUT2D eigenvalue weighted by atomic mass is 19.1. The molecule has 0 N–H and O–H groups in total. The Balaban J connectivity index is 2.29. The Bertz CT molecular complexity index is 905. The van der Waals surface area contributed by atoms with Gasteiger partial charge in [-0.25, -0.2) is 14.2 Å². The van der Waals surface area contributed by atoms with E-state index >= 15 is 0 Å². The molecule has 24 heavy (non-hydrogen) atoms. The van der Waals surface area contributed by atoms with Crippen LogP contribution in [0, 0.1) is 5.82 Å². The van der Waals surface area contributed by atoms with Crippen LogP contribution in [0.15, 0.2) is 40.8 Å². The molecule has 0 radical (unpaired) electrons. The van der Waals surface area contributed by atoms with E-state index in [9.17, 15) is 9.18 Å². The standard InChI is InChI=1S/C19H18FNO3/c1-19(2,3)18-21-15-10-12(17(22)23-4)9-14(16(15)24-18)11-5-7-13(20)8-6-11/h5-10H,1-4H3. The predicted octanol–water partition coefficient (Wildman–Crippen LogP) is 4.72. The van der Waals surface area contributed by atoms with Gasteiger partial charge in [-0.05, 0) is 29.8 Å². The smallest absolute Gasteiger partial charge is 0.337 e. The van der Waals surface area contributed by atoms with Crippen molar-refractivity contribution in [1.82, 2.24) is 4.98 Å². The van der Waals surface area contributed by atoms with Crippen molar-refractivity contribution < 1.29 is 18.3 Å². The lowest BCUT2D eigenvalue weighted by Gasteiger charge is -2.11. The SMILES string of the molecule is COC(=O)c1cc(-c2ccc(F)cc2)c2oc(C(C)(C)C)nc2c1. The van der Waals surface area contributed by atoms with Crippen molar-refractivity contribution in [3.05, 3.63) is 53.7 Å². The van der Waals surface area contributed by atoms with Gasteiger partial charge in [0.15, 0.2) is 5.58 Å². The predicted molar refractivity (Wildman–Crippen MR) is 89.4 cm³/mol. The van der Waals surface area contributed by atoms with Crippen LogP contribution in [0.25, 0.3) is 22.2 Å². The first-order valence-corrected chi connectivity index (χ1v) is 7.59. The van der Waals surface area contributed by atoms with E-state index in [-0.39, 0.29) is 11.2 Å². The number of hydrogen-bond donors (Lipinski definition) is 0. The number of fused-ring (bicyclic) bond motifs is 1. The summed E-state index contributed by atoms with van der Waals surface area (Å²) < 4.78 is 24.0. The summed E-state index contributed by atoms with van der Waals surface area (Å²) in [6.07, 6.45) is 0. The second kappa shape index (κ2) is 5.74. The fraction of sp³-hybridized carbons (Fsp3) is 0.263. The van der Waals surface area contributed by atoms with Crippen LogP contribution in [0.2, 0.25) is 0 Å². The minimum absolute atomic E-state index is 0.273. The summed E-state index contributed by atoms with van der Waals surface area (Å²) in [5.74, 6) is -0.212. The number of halogens is 1. The second-order valence-corrected chi connectivity index (χ2v) is 6.64. The number of oxazole rings is 1. The van der Waals surface area contributed by atoms with Gasteiger partial charge in [-0.1, -0.05) is 32.9 Å². The van der Waals surface area contributed by atoms with Gasteiger partial charge in [0.1, 0.15) is 11.3 Å². The number of esters is 1. The molecule has 4 nitrogen and oxygen atoms in total. The van der Waals surface area contributed by atoms with E-state index < -0.39 is 5.97 Å². The molecular weight excluding hydrogens is 309 g/mol. The van der Waals surface area contributed by atoms with E-state index in [1.165, 1.54) is 19.2 Å². The Morgan fingerprint density at radius 1 is 1.17 bits per heavy atom. The molecule has 0 aliphatic heterocycles. The first-order chi connectivity index (χ1) is 11.3. The highest BCUT2D eigenvalue weighted by Crippen LogP contribution is 2.34. The molecule has 1 aromatic heterocycles. The Hall–Kier alpha value is -2.69. The summed E-state index contributed by atoms with van der Waals surface area (Å²) >= 11 is 0. The lowest BCUT2D eigenvalue weighted by atomic mass is 9.97. The molecule has 3 rings (SSSR count). The Labute approximate surface area is 139 Å². The molecule has 0 unspecified atom stereocenters. The molecular formula is C19H18FNO3. The number of rotatable bonds is 2. The van der Waals surface area contributed by atoms with E-state index in [1.54, 1.807) is 24.3 Å². The second-order valence-electron chi connectivity index (χ2n) is 6.64. The molecule has 0 fully saturated rings. The molecule has 5 heteroatoms. The lowest BCUT2D eigenvalue weighted by Crippen LogP contribution is -2.10. The molecule has 1 heterocycles. The van der Waals surface area contributed by atoms with Crippen molar-refractivity contribution in [1.29, 1.82) is 0 Å². The fourth-order valence-corrected chi connectivity index (χ4v) is 2.43. The number of methoxy groups -OCH3 is 1. The number of carbonyl (C=O) groups is 1. The van der Waals surface area contributed by atoms with Crippen LogP contribution in [0.3, 0.4) is 0 Å². The Kier molecular flexibility index (Phi) is 3.87. The summed E-state index contributed by atoms with van der Waals surface area (Å²) in [5.41, 5.74) is 2.66. The van der Waals surface area contributed by atoms with Gasteiger partial charge in [0.25, 0.3) is 0 Å². The maximum atomic E-state index is 13.2. The van der Waals surface area contributed by atoms with Crippen molar-refractivity contribution in [2.75, 3.05) is 7.11 Å². The summed E-state index contributed by atoms with van der Waals surface area (Å²) in [4.78, 5) is 16.5. The summed E-state index contributed by atoms with van der Waals surface area (Å²) in [5, 5.41) is 0. The molecule has 0 bridgehead atoms. The van der Waals surface area contributed by atoms with Crippen molar-refractivity contribution in [2.45, 2.75) is 26.2 Å². The maximum Gasteiger partial charge on any atom is 0.337 e. The van der Waals surface area contributed by atoms with Crippen LogP contribution in [0.5, 0.6) is 0 Å². The molecule has 0 aliphatic rings. The van der Waals surface area contributed by atoms with E-state index in [2.05, 4.69) is 4.98 Å². The number of carbonyl (C=O) groups excluding carboxylic acids is 1. The molecule has 3 aromatic rings. The third-order valence-corrected chi connectivity index (χ3v) is 3.71. The van der Waals surface area contributed by atoms with Crippen LogP contribution < -0.4 is 0 Å². The molecule has 0 amide bonds. The quantitative estimate of drug-likeness (QED) is 0.639. The molecule has 0 spiro atoms. The molecule has 124 valence electrons. The molecule has 0 saturated heterocycles. The summed E-state index contributed by atoms with van der Waals surface area (Å²) in [6, 6.07) is 9.35. The summed E-state index contributed by atoms with van der Waals surface area (Å²) in [6.45, 7) is 5.99. The zero-order valence-electron chi connectivity index (χ0n) is 14.0. The first-order valence-electron chi connectivity index (χ1n) is 7.59. The van der Waals surface area contributed by atoms with E-state index in [4.69, 9.17) is 9.15 Å². The molecule has 0 saturated carbocycles. The van der Waals surface area contributed by atoms with Crippen molar-refractivity contribution in [3.8, 4) is 11.1 Å². The number of ether oxygens (including phenoxy) is 1. The number of aromatic nitrogens is 1. The molecule has 0 aliphatic carbocycles. The van der Waals surface area contributed by atoms with Gasteiger partial charge >= 0.3 is 5.97 Å². The van der Waals surface area contributed by atoms with Crippen LogP contribution in [-0.2, 0) is 10.2 Å². The minimum Gasteiger partial charge on any atom is -0.465 e. The van der Waals surface area contributed by atoms with Gasteiger partial charge < -0.3 is 9.15 Å². The Morgan fingerprint density at radius 3 is 2.42 bits per heavy atom. The van der Waals surface area contributed by atoms with Crippen LogP contribution in [-0.4, -0.2) is 18.1 Å². The van der Waals surface area contributed by atoms with Crippen LogP contribution in [0.1, 0.15) is 37.0 Å². The van der Waals surface area contributed by atoms with Crippen molar-refractivity contribution in [2.24, 2.45) is 0 Å². The molecule has 0 atom stereocenters. The third kappa shape index (κ3) is 2.89. The van der Waals surface area contributed by atoms with Gasteiger partial charge in [-0.2, -0.15) is 0 Å². The first kappa shape index (κ1) is 16.2. The fourth-order valence-electron chi connectivity index (χ4n) is 2.43. The maximum absolute atomic E-state index is 13.2. The normalized spacial score (nSPS) is 11.7. The number of benzene rings is 2. The van der Waals surface area contributed by atoms with Gasteiger partial charge in [0.05, 0.1) is 12.7 Å². The van der Waals surface area contributed by atoms with Crippen molar-refractivity contribution >= 4 is 17.1 Å². The van der Waals surface area contributed by atoms with Crippen LogP contribution >= 0.6 is 0 Å². The van der Waals surface area contributed by atoms with Gasteiger partial charge in [0.2, 0.25) is 5.89 Å². The van der Waals surface area contributed by atoms with Gasteiger partial charge in [-0.15, -0.1) is 0 Å². The lowest BCUT2D eigenvalue weighted by molar-refractivity contribution is 0.0601. The number of nitrogens with zero attached hydrogens (tertiary/aromatic N) is 1. The highest BCUT2D eigenvalue weighted by Gasteiger charge is 2.23. The van der Waals surface area contributed by atoms with E-state index in [0.29, 0.717) is 28.1 Å².